The predicted molar refractivity (Wildman–Crippen MR) is 75.4 cm³/mol. The molecule has 3 heterocycles. The summed E-state index contributed by atoms with van der Waals surface area (Å²) in [6.07, 6.45) is 1.37. The van der Waals surface area contributed by atoms with E-state index in [1.807, 2.05) is 30.3 Å². The van der Waals surface area contributed by atoms with Crippen molar-refractivity contribution < 1.29 is 0 Å². The van der Waals surface area contributed by atoms with Gasteiger partial charge in [-0.15, -0.1) is 10.2 Å². The normalized spacial score (nSPS) is 11.0. The molecule has 0 aliphatic heterocycles. The van der Waals surface area contributed by atoms with Gasteiger partial charge in [0.15, 0.2) is 5.65 Å². The van der Waals surface area contributed by atoms with Crippen molar-refractivity contribution in [3.8, 4) is 12.0 Å². The Bertz CT molecular complexity index is 1020. The first-order chi connectivity index (χ1) is 10.3. The molecule has 0 aliphatic rings. The number of hydrogen-bond acceptors (Lipinski definition) is 6. The maximum Gasteiger partial charge on any atom is 0.274 e. The average molecular weight is 276 g/mol. The number of nitrogens with two attached hydrogens (primary N) is 1. The van der Waals surface area contributed by atoms with Crippen LogP contribution >= 0.6 is 0 Å². The number of aromatic amines is 1. The zero-order valence-corrected chi connectivity index (χ0v) is 10.6. The summed E-state index contributed by atoms with van der Waals surface area (Å²) in [4.78, 5) is 7.54. The molecule has 0 spiro atoms. The second-order valence-corrected chi connectivity index (χ2v) is 4.45. The number of nitrogens with zero attached hydrogens (tertiary/aromatic N) is 6. The molecular formula is C13H8N8. The van der Waals surface area contributed by atoms with Gasteiger partial charge in [0.1, 0.15) is 23.0 Å². The molecule has 0 saturated carbocycles. The summed E-state index contributed by atoms with van der Waals surface area (Å²) in [6, 6.07) is 9.69. The quantitative estimate of drug-likeness (QED) is 0.537. The fourth-order valence-electron chi connectivity index (χ4n) is 2.21. The van der Waals surface area contributed by atoms with Gasteiger partial charge in [0.2, 0.25) is 0 Å². The van der Waals surface area contributed by atoms with Crippen LogP contribution < -0.4 is 5.73 Å². The topological polar surface area (TPSA) is 122 Å². The van der Waals surface area contributed by atoms with E-state index in [1.54, 1.807) is 0 Å². The van der Waals surface area contributed by atoms with Crippen LogP contribution in [0.1, 0.15) is 5.56 Å². The lowest BCUT2D eigenvalue weighted by Gasteiger charge is -2.00. The summed E-state index contributed by atoms with van der Waals surface area (Å²) in [5, 5.41) is 22.1. The van der Waals surface area contributed by atoms with Crippen molar-refractivity contribution in [1.29, 1.82) is 5.26 Å². The lowest BCUT2D eigenvalue weighted by atomic mass is 10.2. The van der Waals surface area contributed by atoms with Crippen LogP contribution in [0.25, 0.3) is 28.0 Å². The van der Waals surface area contributed by atoms with Crippen LogP contribution in [0.2, 0.25) is 0 Å². The Kier molecular flexibility index (Phi) is 2.17. The van der Waals surface area contributed by atoms with Crippen molar-refractivity contribution >= 4 is 27.9 Å². The Labute approximate surface area is 117 Å². The van der Waals surface area contributed by atoms with E-state index in [0.717, 1.165) is 10.9 Å². The number of fused-ring (bicyclic) bond motifs is 3. The van der Waals surface area contributed by atoms with E-state index in [2.05, 4.69) is 25.3 Å². The Morgan fingerprint density at radius 3 is 2.90 bits per heavy atom. The summed E-state index contributed by atoms with van der Waals surface area (Å²) in [7, 11) is 0. The van der Waals surface area contributed by atoms with Crippen LogP contribution in [0, 0.1) is 11.3 Å². The molecule has 0 unspecified atom stereocenters. The van der Waals surface area contributed by atoms with Crippen molar-refractivity contribution in [1.82, 2.24) is 29.9 Å². The van der Waals surface area contributed by atoms with Crippen LogP contribution in [0.5, 0.6) is 0 Å². The molecule has 0 saturated heterocycles. The number of hydrogen-bond donors (Lipinski definition) is 2. The van der Waals surface area contributed by atoms with Crippen molar-refractivity contribution in [3.63, 3.8) is 0 Å². The fourth-order valence-corrected chi connectivity index (χ4v) is 2.21. The molecule has 0 bridgehead atoms. The Balaban J connectivity index is 1.97. The predicted octanol–water partition coefficient (Wildman–Crippen LogP) is 1.15. The molecule has 0 radical (unpaired) electrons. The first-order valence-corrected chi connectivity index (χ1v) is 6.13. The highest BCUT2D eigenvalue weighted by atomic mass is 15.4. The fraction of sp³-hybridized carbons (Fsp3) is 0. The SMILES string of the molecule is N#Cc1cnn(-c2nnc3c(n2)[nH]c2ccccc23)c1N. The van der Waals surface area contributed by atoms with Crippen LogP contribution in [0.3, 0.4) is 0 Å². The number of benzene rings is 1. The second kappa shape index (κ2) is 4.01. The van der Waals surface area contributed by atoms with Crippen molar-refractivity contribution in [2.45, 2.75) is 0 Å². The van der Waals surface area contributed by atoms with Gasteiger partial charge in [0.05, 0.1) is 6.20 Å². The molecule has 1 aromatic carbocycles. The van der Waals surface area contributed by atoms with Crippen LogP contribution in [-0.2, 0) is 0 Å². The van der Waals surface area contributed by atoms with Crippen molar-refractivity contribution in [3.05, 3.63) is 36.0 Å². The lowest BCUT2D eigenvalue weighted by molar-refractivity contribution is 0.794. The van der Waals surface area contributed by atoms with Crippen LogP contribution in [0.15, 0.2) is 30.5 Å². The zero-order chi connectivity index (χ0) is 14.4. The Hall–Kier alpha value is -3.47. The summed E-state index contributed by atoms with van der Waals surface area (Å²) >= 11 is 0. The number of rotatable bonds is 1. The first-order valence-electron chi connectivity index (χ1n) is 6.13. The summed E-state index contributed by atoms with van der Waals surface area (Å²) < 4.78 is 1.29. The van der Waals surface area contributed by atoms with Crippen LogP contribution in [0.4, 0.5) is 5.82 Å². The number of H-pyrrole nitrogens is 1. The Morgan fingerprint density at radius 2 is 2.10 bits per heavy atom. The number of anilines is 1. The number of para-hydroxylation sites is 1. The minimum Gasteiger partial charge on any atom is -0.382 e. The van der Waals surface area contributed by atoms with E-state index in [-0.39, 0.29) is 17.3 Å². The molecular weight excluding hydrogens is 268 g/mol. The lowest BCUT2D eigenvalue weighted by Crippen LogP contribution is -2.08. The third-order valence-corrected chi connectivity index (χ3v) is 3.23. The van der Waals surface area contributed by atoms with E-state index < -0.39 is 0 Å². The van der Waals surface area contributed by atoms with Gasteiger partial charge in [0, 0.05) is 10.9 Å². The smallest absolute Gasteiger partial charge is 0.274 e. The highest BCUT2D eigenvalue weighted by molar-refractivity contribution is 6.03. The maximum atomic E-state index is 8.90. The van der Waals surface area contributed by atoms with E-state index >= 15 is 0 Å². The molecule has 0 fully saturated rings. The van der Waals surface area contributed by atoms with E-state index in [0.29, 0.717) is 11.2 Å². The summed E-state index contributed by atoms with van der Waals surface area (Å²) in [5.41, 5.74) is 8.30. The van der Waals surface area contributed by atoms with Gasteiger partial charge in [-0.3, -0.25) is 0 Å². The number of nitrogens with one attached hydrogen (secondary N) is 1. The van der Waals surface area contributed by atoms with Gasteiger partial charge in [-0.25, -0.2) is 0 Å². The number of nitrogen functional groups attached to an aromatic ring is 1. The van der Waals surface area contributed by atoms with Gasteiger partial charge < -0.3 is 10.7 Å². The summed E-state index contributed by atoms with van der Waals surface area (Å²) in [5.74, 6) is 0.405. The molecule has 0 aliphatic carbocycles. The minimum atomic E-state index is 0.190. The van der Waals surface area contributed by atoms with Gasteiger partial charge >= 0.3 is 0 Å². The van der Waals surface area contributed by atoms with Gasteiger partial charge in [-0.2, -0.15) is 20.0 Å². The molecule has 0 amide bonds. The molecule has 3 N–H and O–H groups in total. The van der Waals surface area contributed by atoms with E-state index in [1.165, 1.54) is 10.9 Å². The number of aromatic nitrogens is 6. The van der Waals surface area contributed by atoms with Gasteiger partial charge in [-0.05, 0) is 6.07 Å². The van der Waals surface area contributed by atoms with E-state index in [4.69, 9.17) is 11.0 Å². The molecule has 8 heteroatoms. The number of nitriles is 1. The molecule has 21 heavy (non-hydrogen) atoms. The van der Waals surface area contributed by atoms with Gasteiger partial charge in [0.25, 0.3) is 5.95 Å². The zero-order valence-electron chi connectivity index (χ0n) is 10.6. The monoisotopic (exact) mass is 276 g/mol. The van der Waals surface area contributed by atoms with Crippen molar-refractivity contribution in [2.24, 2.45) is 0 Å². The summed E-state index contributed by atoms with van der Waals surface area (Å²) in [6.45, 7) is 0. The average Bonchev–Trinajstić information content (AvgIpc) is 3.06. The second-order valence-electron chi connectivity index (χ2n) is 4.45. The first kappa shape index (κ1) is 11.4. The minimum absolute atomic E-state index is 0.190. The maximum absolute atomic E-state index is 8.90. The molecule has 100 valence electrons. The van der Waals surface area contributed by atoms with Crippen LogP contribution in [-0.4, -0.2) is 29.9 Å². The largest absolute Gasteiger partial charge is 0.382 e. The third-order valence-electron chi connectivity index (χ3n) is 3.23. The Morgan fingerprint density at radius 1 is 1.24 bits per heavy atom. The van der Waals surface area contributed by atoms with E-state index in [9.17, 15) is 0 Å². The molecule has 3 aromatic heterocycles. The molecule has 4 aromatic rings. The molecule has 8 nitrogen and oxygen atoms in total. The third kappa shape index (κ3) is 1.54. The molecule has 0 atom stereocenters. The molecule has 4 rings (SSSR count). The van der Waals surface area contributed by atoms with Gasteiger partial charge in [-0.1, -0.05) is 18.2 Å². The standard InChI is InChI=1S/C13H8N8/c14-5-7-6-16-21(11(7)15)13-18-12-10(19-20-13)8-3-1-2-4-9(8)17-12/h1-4,6H,15H2,(H,17,18,20). The highest BCUT2D eigenvalue weighted by Gasteiger charge is 2.14. The highest BCUT2D eigenvalue weighted by Crippen LogP contribution is 2.22. The van der Waals surface area contributed by atoms with Crippen molar-refractivity contribution in [2.75, 3.05) is 5.73 Å².